The van der Waals surface area contributed by atoms with Crippen LogP contribution in [0.3, 0.4) is 0 Å². The average Bonchev–Trinajstić information content (AvgIpc) is 3.27. The summed E-state index contributed by atoms with van der Waals surface area (Å²) in [5.41, 5.74) is 0. The number of carbonyl (C=O) groups is 5. The van der Waals surface area contributed by atoms with Crippen LogP contribution in [0, 0.1) is 0 Å². The lowest BCUT2D eigenvalue weighted by Crippen LogP contribution is -2.64. The van der Waals surface area contributed by atoms with Gasteiger partial charge in [0.15, 0.2) is 0 Å². The van der Waals surface area contributed by atoms with Crippen molar-refractivity contribution in [3.8, 4) is 0 Å². The fourth-order valence-electron chi connectivity index (χ4n) is 3.53. The van der Waals surface area contributed by atoms with Gasteiger partial charge >= 0.3 is 17.8 Å². The Hall–Kier alpha value is -2.95. The predicted octanol–water partition coefficient (Wildman–Crippen LogP) is 0.363. The van der Waals surface area contributed by atoms with E-state index in [1.807, 2.05) is 0 Å². The van der Waals surface area contributed by atoms with E-state index < -0.39 is 41.9 Å². The molecule has 168 valence electrons. The molecule has 0 spiro atoms. The number of carbonyl (C=O) groups excluding carboxylic acids is 5. The van der Waals surface area contributed by atoms with E-state index in [2.05, 4.69) is 22.9 Å². The SMILES string of the molecule is CCCCCN1C[C@H](C)N(C(=O)NC(C(=O)NC2CNC2=O)c2cccs2)C(=O)C1=O. The molecule has 2 unspecified atom stereocenters. The highest BCUT2D eigenvalue weighted by Crippen LogP contribution is 2.21. The fourth-order valence-corrected chi connectivity index (χ4v) is 4.31. The van der Waals surface area contributed by atoms with Crippen LogP contribution in [0.5, 0.6) is 0 Å². The minimum Gasteiger partial charge on any atom is -0.352 e. The maximum absolute atomic E-state index is 12.9. The van der Waals surface area contributed by atoms with Crippen molar-refractivity contribution >= 4 is 41.0 Å². The molecule has 11 heteroatoms. The Morgan fingerprint density at radius 1 is 1.26 bits per heavy atom. The molecule has 31 heavy (non-hydrogen) atoms. The summed E-state index contributed by atoms with van der Waals surface area (Å²) in [6.07, 6.45) is 2.74. The number of β-lactam (4-membered cyclic amide) rings is 1. The number of thiophene rings is 1. The van der Waals surface area contributed by atoms with Crippen molar-refractivity contribution in [2.75, 3.05) is 19.6 Å². The molecule has 3 N–H and O–H groups in total. The molecule has 2 aliphatic rings. The second kappa shape index (κ2) is 9.90. The highest BCUT2D eigenvalue weighted by molar-refractivity contribution is 7.10. The normalized spacial score (nSPS) is 21.9. The first-order valence-electron chi connectivity index (χ1n) is 10.4. The van der Waals surface area contributed by atoms with Crippen LogP contribution in [-0.4, -0.2) is 71.2 Å². The van der Waals surface area contributed by atoms with Gasteiger partial charge in [0.05, 0.1) is 6.04 Å². The number of imide groups is 1. The maximum atomic E-state index is 12.9. The summed E-state index contributed by atoms with van der Waals surface area (Å²) in [6.45, 7) is 4.78. The maximum Gasteiger partial charge on any atom is 0.325 e. The molecule has 6 amide bonds. The van der Waals surface area contributed by atoms with Gasteiger partial charge in [-0.2, -0.15) is 0 Å². The van der Waals surface area contributed by atoms with Gasteiger partial charge in [-0.3, -0.25) is 24.1 Å². The average molecular weight is 450 g/mol. The molecular formula is C20H27N5O5S. The summed E-state index contributed by atoms with van der Waals surface area (Å²) in [5, 5.41) is 9.45. The lowest BCUT2D eigenvalue weighted by Gasteiger charge is -2.38. The summed E-state index contributed by atoms with van der Waals surface area (Å²) in [5.74, 6) is -2.47. The number of hydrogen-bond donors (Lipinski definition) is 3. The smallest absolute Gasteiger partial charge is 0.325 e. The van der Waals surface area contributed by atoms with E-state index in [4.69, 9.17) is 0 Å². The highest BCUT2D eigenvalue weighted by atomic mass is 32.1. The van der Waals surface area contributed by atoms with E-state index >= 15 is 0 Å². The molecule has 2 saturated heterocycles. The molecule has 1 aromatic rings. The van der Waals surface area contributed by atoms with Crippen LogP contribution < -0.4 is 16.0 Å². The minimum absolute atomic E-state index is 0.250. The topological polar surface area (TPSA) is 128 Å². The fraction of sp³-hybridized carbons (Fsp3) is 0.550. The predicted molar refractivity (Wildman–Crippen MR) is 113 cm³/mol. The Labute approximate surface area is 184 Å². The molecule has 10 nitrogen and oxygen atoms in total. The molecule has 2 fully saturated rings. The van der Waals surface area contributed by atoms with Gasteiger partial charge in [-0.05, 0) is 24.8 Å². The van der Waals surface area contributed by atoms with Gasteiger partial charge in [-0.15, -0.1) is 11.3 Å². The zero-order valence-electron chi connectivity index (χ0n) is 17.6. The third-order valence-corrected chi connectivity index (χ3v) is 6.27. The van der Waals surface area contributed by atoms with Crippen LogP contribution in [0.2, 0.25) is 0 Å². The third-order valence-electron chi connectivity index (χ3n) is 5.34. The summed E-state index contributed by atoms with van der Waals surface area (Å²) < 4.78 is 0. The number of amides is 6. The zero-order valence-corrected chi connectivity index (χ0v) is 18.4. The van der Waals surface area contributed by atoms with E-state index in [9.17, 15) is 24.0 Å². The summed E-state index contributed by atoms with van der Waals surface area (Å²) in [4.78, 5) is 65.2. The number of piperazine rings is 1. The molecule has 3 atom stereocenters. The Morgan fingerprint density at radius 2 is 2.03 bits per heavy atom. The largest absolute Gasteiger partial charge is 0.352 e. The molecule has 3 rings (SSSR count). The Morgan fingerprint density at radius 3 is 2.61 bits per heavy atom. The van der Waals surface area contributed by atoms with Crippen molar-refractivity contribution in [1.29, 1.82) is 0 Å². The van der Waals surface area contributed by atoms with Crippen LogP contribution in [0.1, 0.15) is 44.0 Å². The first-order chi connectivity index (χ1) is 14.8. The minimum atomic E-state index is -1.08. The number of rotatable bonds is 8. The molecule has 0 bridgehead atoms. The Kier molecular flexibility index (Phi) is 7.26. The van der Waals surface area contributed by atoms with Gasteiger partial charge in [-0.1, -0.05) is 25.8 Å². The van der Waals surface area contributed by atoms with Gasteiger partial charge in [0.1, 0.15) is 12.1 Å². The quantitative estimate of drug-likeness (QED) is 0.300. The van der Waals surface area contributed by atoms with Crippen LogP contribution in [0.15, 0.2) is 17.5 Å². The lowest BCUT2D eigenvalue weighted by atomic mass is 10.1. The Balaban J connectivity index is 1.69. The monoisotopic (exact) mass is 449 g/mol. The van der Waals surface area contributed by atoms with E-state index in [1.54, 1.807) is 24.4 Å². The number of urea groups is 1. The van der Waals surface area contributed by atoms with Crippen molar-refractivity contribution in [2.45, 2.75) is 51.2 Å². The third kappa shape index (κ3) is 5.04. The standard InChI is InChI=1S/C20H27N5O5S/c1-3-4-5-8-24-11-12(2)25(19(29)18(24)28)20(30)23-15(14-7-6-9-31-14)17(27)22-13-10-21-16(13)26/h6-7,9,12-13,15H,3-5,8,10-11H2,1-2H3,(H,21,26)(H,22,27)(H,23,30)/t12-,13?,15?/m0/s1. The molecular weight excluding hydrogens is 422 g/mol. The van der Waals surface area contributed by atoms with Crippen molar-refractivity contribution in [3.63, 3.8) is 0 Å². The lowest BCUT2D eigenvalue weighted by molar-refractivity contribution is -0.156. The van der Waals surface area contributed by atoms with Crippen molar-refractivity contribution in [2.24, 2.45) is 0 Å². The summed E-state index contributed by atoms with van der Waals surface area (Å²) >= 11 is 1.26. The summed E-state index contributed by atoms with van der Waals surface area (Å²) in [7, 11) is 0. The van der Waals surface area contributed by atoms with Gasteiger partial charge in [-0.25, -0.2) is 4.79 Å². The molecule has 0 radical (unpaired) electrons. The number of nitrogens with one attached hydrogen (secondary N) is 3. The first kappa shape index (κ1) is 22.7. The van der Waals surface area contributed by atoms with E-state index in [-0.39, 0.29) is 12.5 Å². The van der Waals surface area contributed by atoms with E-state index in [0.29, 0.717) is 18.0 Å². The number of unbranched alkanes of at least 4 members (excludes halogenated alkanes) is 2. The number of hydrogen-bond acceptors (Lipinski definition) is 6. The molecule has 0 aromatic carbocycles. The first-order valence-corrected chi connectivity index (χ1v) is 11.3. The van der Waals surface area contributed by atoms with Crippen LogP contribution in [0.25, 0.3) is 0 Å². The summed E-state index contributed by atoms with van der Waals surface area (Å²) in [6, 6.07) is 0.327. The van der Waals surface area contributed by atoms with Crippen molar-refractivity contribution in [1.82, 2.24) is 25.8 Å². The van der Waals surface area contributed by atoms with Crippen molar-refractivity contribution in [3.05, 3.63) is 22.4 Å². The number of nitrogens with zero attached hydrogens (tertiary/aromatic N) is 2. The van der Waals surface area contributed by atoms with Crippen LogP contribution in [0.4, 0.5) is 4.79 Å². The van der Waals surface area contributed by atoms with Gasteiger partial charge in [0.2, 0.25) is 11.8 Å². The zero-order chi connectivity index (χ0) is 22.5. The van der Waals surface area contributed by atoms with Crippen molar-refractivity contribution < 1.29 is 24.0 Å². The van der Waals surface area contributed by atoms with Crippen LogP contribution in [-0.2, 0) is 19.2 Å². The van der Waals surface area contributed by atoms with E-state index in [0.717, 1.165) is 24.2 Å². The molecule has 0 aliphatic carbocycles. The van der Waals surface area contributed by atoms with E-state index in [1.165, 1.54) is 16.2 Å². The van der Waals surface area contributed by atoms with Crippen LogP contribution >= 0.6 is 11.3 Å². The molecule has 3 heterocycles. The Bertz CT molecular complexity index is 858. The second-order valence-corrected chi connectivity index (χ2v) is 8.67. The molecule has 1 aromatic heterocycles. The van der Waals surface area contributed by atoms with Gasteiger partial charge in [0.25, 0.3) is 0 Å². The molecule has 2 aliphatic heterocycles. The molecule has 0 saturated carbocycles. The highest BCUT2D eigenvalue weighted by Gasteiger charge is 2.42. The van der Waals surface area contributed by atoms with Gasteiger partial charge in [0, 0.05) is 24.5 Å². The van der Waals surface area contributed by atoms with Gasteiger partial charge < -0.3 is 20.9 Å². The second-order valence-electron chi connectivity index (χ2n) is 7.69.